The Balaban J connectivity index is 1.64. The molecule has 2 fully saturated rings. The van der Waals surface area contributed by atoms with Gasteiger partial charge in [-0.2, -0.15) is 0 Å². The summed E-state index contributed by atoms with van der Waals surface area (Å²) in [5, 5.41) is 3.78. The van der Waals surface area contributed by atoms with Crippen molar-refractivity contribution in [2.24, 2.45) is 0 Å². The largest absolute Gasteiger partial charge is 0.378 e. The molecule has 1 atom stereocenters. The van der Waals surface area contributed by atoms with Gasteiger partial charge in [-0.25, -0.2) is 0 Å². The number of nitrogens with one attached hydrogen (secondary N) is 1. The lowest BCUT2D eigenvalue weighted by atomic mass is 9.74. The van der Waals surface area contributed by atoms with Gasteiger partial charge in [-0.05, 0) is 44.1 Å². The first-order valence-corrected chi connectivity index (χ1v) is 7.18. The summed E-state index contributed by atoms with van der Waals surface area (Å²) in [6, 6.07) is 11.5. The second-order valence-electron chi connectivity index (χ2n) is 6.03. The van der Waals surface area contributed by atoms with Crippen LogP contribution in [-0.4, -0.2) is 24.8 Å². The summed E-state index contributed by atoms with van der Waals surface area (Å²) in [5.74, 6) is 0.746. The van der Waals surface area contributed by atoms with Crippen LogP contribution in [0.4, 0.5) is 0 Å². The van der Waals surface area contributed by atoms with E-state index in [9.17, 15) is 0 Å². The summed E-state index contributed by atoms with van der Waals surface area (Å²) in [5.41, 5.74) is 1.78. The molecule has 0 bridgehead atoms. The molecule has 1 aromatic rings. The van der Waals surface area contributed by atoms with Crippen LogP contribution in [0.3, 0.4) is 0 Å². The van der Waals surface area contributed by atoms with Crippen molar-refractivity contribution < 1.29 is 4.74 Å². The van der Waals surface area contributed by atoms with Gasteiger partial charge in [-0.1, -0.05) is 30.3 Å². The van der Waals surface area contributed by atoms with E-state index < -0.39 is 0 Å². The zero-order valence-electron chi connectivity index (χ0n) is 11.2. The van der Waals surface area contributed by atoms with Gasteiger partial charge in [-0.15, -0.1) is 0 Å². The number of ether oxygens (including phenoxy) is 1. The smallest absolute Gasteiger partial charge is 0.0649 e. The molecule has 18 heavy (non-hydrogen) atoms. The fraction of sp³-hybridized carbons (Fsp3) is 0.625. The van der Waals surface area contributed by atoms with Crippen molar-refractivity contribution in [1.29, 1.82) is 0 Å². The Labute approximate surface area is 110 Å². The van der Waals surface area contributed by atoms with E-state index in [2.05, 4.69) is 42.6 Å². The summed E-state index contributed by atoms with van der Waals surface area (Å²) in [7, 11) is 0. The molecule has 2 aliphatic rings. The van der Waals surface area contributed by atoms with Gasteiger partial charge >= 0.3 is 0 Å². The van der Waals surface area contributed by atoms with E-state index in [1.54, 1.807) is 0 Å². The first-order valence-electron chi connectivity index (χ1n) is 7.18. The molecule has 1 aliphatic heterocycles. The number of hydrogen-bond acceptors (Lipinski definition) is 2. The van der Waals surface area contributed by atoms with Crippen molar-refractivity contribution in [2.75, 3.05) is 13.2 Å². The molecule has 0 aromatic heterocycles. The Morgan fingerprint density at radius 2 is 1.89 bits per heavy atom. The predicted molar refractivity (Wildman–Crippen MR) is 73.8 cm³/mol. The number of rotatable bonds is 1. The quantitative estimate of drug-likeness (QED) is 0.821. The van der Waals surface area contributed by atoms with E-state index >= 15 is 0 Å². The molecule has 98 valence electrons. The molecule has 3 rings (SSSR count). The van der Waals surface area contributed by atoms with Crippen molar-refractivity contribution in [3.05, 3.63) is 35.9 Å². The molecule has 1 unspecified atom stereocenters. The highest BCUT2D eigenvalue weighted by Crippen LogP contribution is 2.39. The molecular formula is C16H23NO. The number of morpholine rings is 1. The summed E-state index contributed by atoms with van der Waals surface area (Å²) >= 11 is 0. The third-order valence-electron chi connectivity index (χ3n) is 4.51. The fourth-order valence-corrected chi connectivity index (χ4v) is 3.55. The predicted octanol–water partition coefficient (Wildman–Crippen LogP) is 3.09. The van der Waals surface area contributed by atoms with Gasteiger partial charge in [0.05, 0.1) is 13.2 Å². The van der Waals surface area contributed by atoms with Crippen LogP contribution >= 0.6 is 0 Å². The van der Waals surface area contributed by atoms with Crippen LogP contribution in [0, 0.1) is 0 Å². The van der Waals surface area contributed by atoms with Crippen molar-refractivity contribution in [1.82, 2.24) is 5.32 Å². The van der Waals surface area contributed by atoms with E-state index in [1.807, 2.05) is 0 Å². The molecule has 1 aromatic carbocycles. The molecule has 2 nitrogen and oxygen atoms in total. The lowest BCUT2D eigenvalue weighted by Gasteiger charge is -2.45. The molecule has 1 saturated heterocycles. The van der Waals surface area contributed by atoms with Gasteiger partial charge in [0.1, 0.15) is 0 Å². The maximum Gasteiger partial charge on any atom is 0.0649 e. The van der Waals surface area contributed by atoms with Crippen LogP contribution in [0.25, 0.3) is 0 Å². The Bertz CT molecular complexity index is 381. The first kappa shape index (κ1) is 12.2. The standard InChI is InChI=1S/C16H23NO/c1-13-11-18-12-16(17-13)9-7-15(8-10-16)14-5-3-2-4-6-14/h2-6,13,15,17H,7-12H2,1H3. The monoisotopic (exact) mass is 245 g/mol. The lowest BCUT2D eigenvalue weighted by Crippen LogP contribution is -2.59. The molecule has 1 N–H and O–H groups in total. The Kier molecular flexibility index (Phi) is 3.40. The molecule has 1 spiro atoms. The van der Waals surface area contributed by atoms with E-state index in [4.69, 9.17) is 4.74 Å². The average Bonchev–Trinajstić information content (AvgIpc) is 2.40. The molecule has 1 aliphatic carbocycles. The van der Waals surface area contributed by atoms with Crippen LogP contribution in [0.15, 0.2) is 30.3 Å². The van der Waals surface area contributed by atoms with Crippen LogP contribution < -0.4 is 5.32 Å². The molecule has 0 amide bonds. The highest BCUT2D eigenvalue weighted by molar-refractivity contribution is 5.20. The van der Waals surface area contributed by atoms with Crippen molar-refractivity contribution in [3.8, 4) is 0 Å². The maximum atomic E-state index is 5.75. The minimum absolute atomic E-state index is 0.267. The minimum atomic E-state index is 0.267. The zero-order chi connectivity index (χ0) is 12.4. The third-order valence-corrected chi connectivity index (χ3v) is 4.51. The zero-order valence-corrected chi connectivity index (χ0v) is 11.2. The Morgan fingerprint density at radius 3 is 2.56 bits per heavy atom. The van der Waals surface area contributed by atoms with Gasteiger partial charge in [0, 0.05) is 11.6 Å². The van der Waals surface area contributed by atoms with Crippen LogP contribution in [0.1, 0.15) is 44.1 Å². The second-order valence-corrected chi connectivity index (χ2v) is 6.03. The lowest BCUT2D eigenvalue weighted by molar-refractivity contribution is -0.0154. The van der Waals surface area contributed by atoms with Crippen LogP contribution in [-0.2, 0) is 4.74 Å². The van der Waals surface area contributed by atoms with Gasteiger partial charge < -0.3 is 10.1 Å². The third kappa shape index (κ3) is 2.45. The topological polar surface area (TPSA) is 21.3 Å². The highest BCUT2D eigenvalue weighted by atomic mass is 16.5. The van der Waals surface area contributed by atoms with Gasteiger partial charge in [0.15, 0.2) is 0 Å². The Hall–Kier alpha value is -0.860. The molecule has 0 radical (unpaired) electrons. The summed E-state index contributed by atoms with van der Waals surface area (Å²) in [4.78, 5) is 0. The van der Waals surface area contributed by atoms with Crippen molar-refractivity contribution >= 4 is 0 Å². The fourth-order valence-electron chi connectivity index (χ4n) is 3.55. The Morgan fingerprint density at radius 1 is 1.17 bits per heavy atom. The number of hydrogen-bond donors (Lipinski definition) is 1. The second kappa shape index (κ2) is 5.02. The van der Waals surface area contributed by atoms with Crippen molar-refractivity contribution in [3.63, 3.8) is 0 Å². The normalized spacial score (nSPS) is 36.7. The minimum Gasteiger partial charge on any atom is -0.378 e. The van der Waals surface area contributed by atoms with Crippen LogP contribution in [0.2, 0.25) is 0 Å². The summed E-state index contributed by atoms with van der Waals surface area (Å²) in [6.45, 7) is 3.99. The first-order chi connectivity index (χ1) is 8.77. The average molecular weight is 245 g/mol. The maximum absolute atomic E-state index is 5.75. The van der Waals surface area contributed by atoms with Crippen LogP contribution in [0.5, 0.6) is 0 Å². The van der Waals surface area contributed by atoms with Gasteiger partial charge in [0.2, 0.25) is 0 Å². The molecule has 2 heteroatoms. The summed E-state index contributed by atoms with van der Waals surface area (Å²) in [6.07, 6.45) is 5.06. The highest BCUT2D eigenvalue weighted by Gasteiger charge is 2.38. The van der Waals surface area contributed by atoms with Gasteiger partial charge in [-0.3, -0.25) is 0 Å². The van der Waals surface area contributed by atoms with E-state index in [-0.39, 0.29) is 5.54 Å². The molecular weight excluding hydrogens is 222 g/mol. The molecule has 1 heterocycles. The summed E-state index contributed by atoms with van der Waals surface area (Å²) < 4.78 is 5.75. The number of benzene rings is 1. The van der Waals surface area contributed by atoms with Crippen molar-refractivity contribution in [2.45, 2.75) is 50.1 Å². The van der Waals surface area contributed by atoms with E-state index in [0.717, 1.165) is 19.1 Å². The SMILES string of the molecule is CC1COCC2(CCC(c3ccccc3)CC2)N1. The van der Waals surface area contributed by atoms with E-state index in [0.29, 0.717) is 6.04 Å². The van der Waals surface area contributed by atoms with E-state index in [1.165, 1.54) is 31.2 Å². The van der Waals surface area contributed by atoms with Gasteiger partial charge in [0.25, 0.3) is 0 Å². The molecule has 1 saturated carbocycles.